The number of hydrogen-bond acceptors (Lipinski definition) is 2. The van der Waals surface area contributed by atoms with Crippen molar-refractivity contribution < 1.29 is 0 Å². The van der Waals surface area contributed by atoms with Crippen molar-refractivity contribution in [2.45, 2.75) is 46.2 Å². The average Bonchev–Trinajstić information content (AvgIpc) is 3.18. The van der Waals surface area contributed by atoms with Gasteiger partial charge in [0.15, 0.2) is 0 Å². The largest absolute Gasteiger partial charge is 0.371 e. The van der Waals surface area contributed by atoms with Crippen LogP contribution in [0.5, 0.6) is 0 Å². The smallest absolute Gasteiger partial charge is 0.0423 e. The van der Waals surface area contributed by atoms with Crippen LogP contribution in [0.3, 0.4) is 0 Å². The molecule has 0 spiro atoms. The topological polar surface area (TPSA) is 15.3 Å². The zero-order valence-corrected chi connectivity index (χ0v) is 13.8. The Morgan fingerprint density at radius 3 is 2.68 bits per heavy atom. The van der Waals surface area contributed by atoms with E-state index in [4.69, 9.17) is 0 Å². The summed E-state index contributed by atoms with van der Waals surface area (Å²) in [4.78, 5) is 2.53. The lowest BCUT2D eigenvalue weighted by molar-refractivity contribution is 0.587. The van der Waals surface area contributed by atoms with E-state index in [1.165, 1.54) is 35.1 Å². The van der Waals surface area contributed by atoms with Gasteiger partial charge in [0.1, 0.15) is 0 Å². The number of anilines is 1. The van der Waals surface area contributed by atoms with E-state index in [-0.39, 0.29) is 0 Å². The van der Waals surface area contributed by atoms with Crippen molar-refractivity contribution in [3.05, 3.63) is 28.2 Å². The molecule has 1 N–H and O–H groups in total. The maximum atomic E-state index is 3.61. The second kappa shape index (κ2) is 6.76. The fourth-order valence-corrected chi connectivity index (χ4v) is 2.65. The third-order valence-electron chi connectivity index (χ3n) is 3.65. The minimum atomic E-state index is 0.523. The van der Waals surface area contributed by atoms with E-state index in [0.29, 0.717) is 6.04 Å². The summed E-state index contributed by atoms with van der Waals surface area (Å²) in [5.41, 5.74) is 2.79. The zero-order chi connectivity index (χ0) is 13.8. The number of nitrogens with one attached hydrogen (secondary N) is 1. The Hall–Kier alpha value is -0.540. The lowest BCUT2D eigenvalue weighted by Crippen LogP contribution is -2.28. The normalized spacial score (nSPS) is 15.0. The highest BCUT2D eigenvalue weighted by molar-refractivity contribution is 9.10. The standard InChI is InChI=1S/C16H25BrN2/c1-4-19(11-13-5-6-13)16-9-15(17)8-7-14(16)10-18-12(2)3/h7-9,12-13,18H,4-6,10-11H2,1-3H3. The van der Waals surface area contributed by atoms with Crippen LogP contribution in [-0.4, -0.2) is 19.1 Å². The van der Waals surface area contributed by atoms with E-state index in [0.717, 1.165) is 19.0 Å². The maximum Gasteiger partial charge on any atom is 0.0423 e. The molecule has 2 nitrogen and oxygen atoms in total. The van der Waals surface area contributed by atoms with Crippen LogP contribution in [0.15, 0.2) is 22.7 Å². The van der Waals surface area contributed by atoms with Crippen molar-refractivity contribution in [1.82, 2.24) is 5.32 Å². The van der Waals surface area contributed by atoms with Gasteiger partial charge in [0, 0.05) is 35.8 Å². The van der Waals surface area contributed by atoms with Crippen LogP contribution >= 0.6 is 15.9 Å². The molecular formula is C16H25BrN2. The summed E-state index contributed by atoms with van der Waals surface area (Å²) in [5.74, 6) is 0.921. The molecule has 0 radical (unpaired) electrons. The second-order valence-corrected chi connectivity index (χ2v) is 6.71. The van der Waals surface area contributed by atoms with Crippen LogP contribution < -0.4 is 10.2 Å². The molecule has 106 valence electrons. The van der Waals surface area contributed by atoms with Crippen LogP contribution in [0, 0.1) is 5.92 Å². The Kier molecular flexibility index (Phi) is 5.28. The predicted octanol–water partition coefficient (Wildman–Crippen LogP) is 4.18. The molecule has 2 rings (SSSR count). The molecule has 1 aliphatic rings. The van der Waals surface area contributed by atoms with Gasteiger partial charge < -0.3 is 10.2 Å². The molecule has 1 aromatic carbocycles. The van der Waals surface area contributed by atoms with Crippen LogP contribution in [0.25, 0.3) is 0 Å². The molecule has 0 saturated heterocycles. The van der Waals surface area contributed by atoms with Gasteiger partial charge in [0.2, 0.25) is 0 Å². The lowest BCUT2D eigenvalue weighted by Gasteiger charge is -2.26. The van der Waals surface area contributed by atoms with Gasteiger partial charge in [0.25, 0.3) is 0 Å². The summed E-state index contributed by atoms with van der Waals surface area (Å²) < 4.78 is 1.17. The summed E-state index contributed by atoms with van der Waals surface area (Å²) in [5, 5.41) is 3.53. The van der Waals surface area contributed by atoms with Crippen molar-refractivity contribution in [2.75, 3.05) is 18.0 Å². The molecule has 0 bridgehead atoms. The van der Waals surface area contributed by atoms with Gasteiger partial charge >= 0.3 is 0 Å². The minimum absolute atomic E-state index is 0.523. The first-order valence-corrected chi connectivity index (χ1v) is 8.16. The van der Waals surface area contributed by atoms with Crippen molar-refractivity contribution >= 4 is 21.6 Å². The van der Waals surface area contributed by atoms with E-state index in [1.54, 1.807) is 0 Å². The third kappa shape index (κ3) is 4.50. The quantitative estimate of drug-likeness (QED) is 0.809. The Morgan fingerprint density at radius 2 is 2.11 bits per heavy atom. The van der Waals surface area contributed by atoms with Gasteiger partial charge in [-0.05, 0) is 43.4 Å². The number of hydrogen-bond donors (Lipinski definition) is 1. The van der Waals surface area contributed by atoms with Gasteiger partial charge in [-0.25, -0.2) is 0 Å². The van der Waals surface area contributed by atoms with Crippen molar-refractivity contribution in [3.63, 3.8) is 0 Å². The summed E-state index contributed by atoms with van der Waals surface area (Å²) >= 11 is 3.61. The van der Waals surface area contributed by atoms with E-state index < -0.39 is 0 Å². The molecule has 0 atom stereocenters. The van der Waals surface area contributed by atoms with Crippen molar-refractivity contribution in [1.29, 1.82) is 0 Å². The third-order valence-corrected chi connectivity index (χ3v) is 4.14. The van der Waals surface area contributed by atoms with Gasteiger partial charge in [-0.1, -0.05) is 35.8 Å². The molecular weight excluding hydrogens is 300 g/mol. The Labute approximate surface area is 125 Å². The molecule has 1 aliphatic carbocycles. The predicted molar refractivity (Wildman–Crippen MR) is 86.7 cm³/mol. The molecule has 19 heavy (non-hydrogen) atoms. The highest BCUT2D eigenvalue weighted by Gasteiger charge is 2.24. The Bertz CT molecular complexity index is 413. The molecule has 3 heteroatoms. The van der Waals surface area contributed by atoms with Crippen LogP contribution in [0.1, 0.15) is 39.2 Å². The van der Waals surface area contributed by atoms with E-state index in [1.807, 2.05) is 0 Å². The molecule has 0 aromatic heterocycles. The monoisotopic (exact) mass is 324 g/mol. The van der Waals surface area contributed by atoms with Gasteiger partial charge in [0.05, 0.1) is 0 Å². The van der Waals surface area contributed by atoms with E-state index in [9.17, 15) is 0 Å². The molecule has 0 aliphatic heterocycles. The Balaban J connectivity index is 2.16. The SMILES string of the molecule is CCN(CC1CC1)c1cc(Br)ccc1CNC(C)C. The van der Waals surface area contributed by atoms with Crippen molar-refractivity contribution in [2.24, 2.45) is 5.92 Å². The van der Waals surface area contributed by atoms with E-state index >= 15 is 0 Å². The number of benzene rings is 1. The van der Waals surface area contributed by atoms with Gasteiger partial charge in [-0.3, -0.25) is 0 Å². The minimum Gasteiger partial charge on any atom is -0.371 e. The highest BCUT2D eigenvalue weighted by atomic mass is 79.9. The second-order valence-electron chi connectivity index (χ2n) is 5.79. The summed E-state index contributed by atoms with van der Waals surface area (Å²) in [6.45, 7) is 9.88. The molecule has 1 fully saturated rings. The molecule has 0 amide bonds. The van der Waals surface area contributed by atoms with Gasteiger partial charge in [-0.15, -0.1) is 0 Å². The van der Waals surface area contributed by atoms with Crippen LogP contribution in [0.4, 0.5) is 5.69 Å². The first-order chi connectivity index (χ1) is 9.10. The fourth-order valence-electron chi connectivity index (χ4n) is 2.30. The summed E-state index contributed by atoms with van der Waals surface area (Å²) in [6.07, 6.45) is 2.81. The zero-order valence-electron chi connectivity index (χ0n) is 12.2. The first-order valence-electron chi connectivity index (χ1n) is 7.37. The molecule has 0 unspecified atom stereocenters. The van der Waals surface area contributed by atoms with Crippen LogP contribution in [0.2, 0.25) is 0 Å². The molecule has 0 heterocycles. The summed E-state index contributed by atoms with van der Waals surface area (Å²) in [6, 6.07) is 7.18. The van der Waals surface area contributed by atoms with Crippen molar-refractivity contribution in [3.8, 4) is 0 Å². The molecule has 1 saturated carbocycles. The lowest BCUT2D eigenvalue weighted by atomic mass is 10.1. The fraction of sp³-hybridized carbons (Fsp3) is 0.625. The molecule has 1 aromatic rings. The average molecular weight is 325 g/mol. The summed E-state index contributed by atoms with van der Waals surface area (Å²) in [7, 11) is 0. The number of rotatable bonds is 7. The Morgan fingerprint density at radius 1 is 1.37 bits per heavy atom. The first kappa shape index (κ1) is 14.9. The number of nitrogens with zero attached hydrogens (tertiary/aromatic N) is 1. The highest BCUT2D eigenvalue weighted by Crippen LogP contribution is 2.33. The van der Waals surface area contributed by atoms with Gasteiger partial charge in [-0.2, -0.15) is 0 Å². The van der Waals surface area contributed by atoms with Crippen LogP contribution in [-0.2, 0) is 6.54 Å². The maximum absolute atomic E-state index is 3.61. The van der Waals surface area contributed by atoms with E-state index in [2.05, 4.69) is 65.1 Å². The number of halogens is 1.